The smallest absolute Gasteiger partial charge is 0.252 e. The minimum Gasteiger partial charge on any atom is -0.396 e. The SMILES string of the molecule is CCC(CCO)Nc1cc(=O)[nH]cn1. The number of rotatable bonds is 5. The van der Waals surface area contributed by atoms with Gasteiger partial charge in [-0.3, -0.25) is 4.79 Å². The van der Waals surface area contributed by atoms with E-state index >= 15 is 0 Å². The van der Waals surface area contributed by atoms with Gasteiger partial charge in [0.05, 0.1) is 6.33 Å². The summed E-state index contributed by atoms with van der Waals surface area (Å²) in [5.41, 5.74) is -0.179. The quantitative estimate of drug-likeness (QED) is 0.636. The molecule has 3 N–H and O–H groups in total. The minimum atomic E-state index is -0.179. The maximum absolute atomic E-state index is 10.9. The zero-order chi connectivity index (χ0) is 10.4. The summed E-state index contributed by atoms with van der Waals surface area (Å²) in [6, 6.07) is 1.56. The van der Waals surface area contributed by atoms with Crippen LogP contribution in [-0.2, 0) is 0 Å². The lowest BCUT2D eigenvalue weighted by Gasteiger charge is -2.15. The van der Waals surface area contributed by atoms with Crippen LogP contribution in [0.3, 0.4) is 0 Å². The molecule has 0 saturated carbocycles. The Hall–Kier alpha value is -1.36. The second-order valence-electron chi connectivity index (χ2n) is 3.06. The van der Waals surface area contributed by atoms with E-state index in [0.29, 0.717) is 12.2 Å². The molecule has 0 aromatic carbocycles. The van der Waals surface area contributed by atoms with Crippen molar-refractivity contribution in [2.45, 2.75) is 25.8 Å². The molecule has 0 saturated heterocycles. The number of hydrogen-bond acceptors (Lipinski definition) is 4. The van der Waals surface area contributed by atoms with Crippen LogP contribution >= 0.6 is 0 Å². The molecule has 0 bridgehead atoms. The van der Waals surface area contributed by atoms with Gasteiger partial charge in [0.15, 0.2) is 0 Å². The van der Waals surface area contributed by atoms with Gasteiger partial charge >= 0.3 is 0 Å². The first-order valence-corrected chi connectivity index (χ1v) is 4.68. The van der Waals surface area contributed by atoms with Gasteiger partial charge in [0.1, 0.15) is 5.82 Å². The van der Waals surface area contributed by atoms with E-state index in [9.17, 15) is 4.79 Å². The number of nitrogens with one attached hydrogen (secondary N) is 2. The van der Waals surface area contributed by atoms with Gasteiger partial charge in [0.25, 0.3) is 5.56 Å². The Bertz CT molecular complexity index is 324. The molecule has 1 atom stereocenters. The van der Waals surface area contributed by atoms with Crippen LogP contribution in [0.25, 0.3) is 0 Å². The van der Waals surface area contributed by atoms with Crippen LogP contribution in [-0.4, -0.2) is 27.7 Å². The second-order valence-corrected chi connectivity index (χ2v) is 3.06. The molecule has 1 aromatic rings. The molecule has 14 heavy (non-hydrogen) atoms. The Kier molecular flexibility index (Phi) is 4.12. The molecule has 0 aliphatic carbocycles. The highest BCUT2D eigenvalue weighted by Gasteiger charge is 2.05. The van der Waals surface area contributed by atoms with Crippen molar-refractivity contribution in [3.63, 3.8) is 0 Å². The number of aliphatic hydroxyl groups is 1. The number of aromatic nitrogens is 2. The Morgan fingerprint density at radius 1 is 1.71 bits per heavy atom. The van der Waals surface area contributed by atoms with Crippen LogP contribution in [0.15, 0.2) is 17.2 Å². The molecule has 78 valence electrons. The summed E-state index contributed by atoms with van der Waals surface area (Å²) in [5, 5.41) is 11.9. The minimum absolute atomic E-state index is 0.134. The maximum Gasteiger partial charge on any atom is 0.252 e. The summed E-state index contributed by atoms with van der Waals surface area (Å²) in [6.07, 6.45) is 2.90. The summed E-state index contributed by atoms with van der Waals surface area (Å²) < 4.78 is 0. The van der Waals surface area contributed by atoms with E-state index in [-0.39, 0.29) is 18.2 Å². The van der Waals surface area contributed by atoms with E-state index < -0.39 is 0 Å². The monoisotopic (exact) mass is 197 g/mol. The van der Waals surface area contributed by atoms with Crippen molar-refractivity contribution >= 4 is 5.82 Å². The van der Waals surface area contributed by atoms with E-state index in [1.165, 1.54) is 12.4 Å². The molecule has 0 amide bonds. The number of H-pyrrole nitrogens is 1. The highest BCUT2D eigenvalue weighted by atomic mass is 16.3. The molecular formula is C9H15N3O2. The van der Waals surface area contributed by atoms with Crippen molar-refractivity contribution in [1.82, 2.24) is 9.97 Å². The fraction of sp³-hybridized carbons (Fsp3) is 0.556. The molecule has 1 rings (SSSR count). The molecule has 0 aliphatic heterocycles. The average Bonchev–Trinajstić information content (AvgIpc) is 2.17. The van der Waals surface area contributed by atoms with Crippen LogP contribution in [0.2, 0.25) is 0 Å². The van der Waals surface area contributed by atoms with Gasteiger partial charge in [-0.2, -0.15) is 0 Å². The van der Waals surface area contributed by atoms with Crippen LogP contribution in [0.5, 0.6) is 0 Å². The fourth-order valence-corrected chi connectivity index (χ4v) is 1.19. The molecule has 1 heterocycles. The van der Waals surface area contributed by atoms with Crippen LogP contribution in [0.4, 0.5) is 5.82 Å². The molecule has 0 radical (unpaired) electrons. The fourth-order valence-electron chi connectivity index (χ4n) is 1.19. The van der Waals surface area contributed by atoms with Gasteiger partial charge in [-0.25, -0.2) is 4.98 Å². The lowest BCUT2D eigenvalue weighted by molar-refractivity contribution is 0.278. The number of hydrogen-bond donors (Lipinski definition) is 3. The van der Waals surface area contributed by atoms with E-state index in [0.717, 1.165) is 6.42 Å². The standard InChI is InChI=1S/C9H15N3O2/c1-2-7(3-4-13)12-8-5-9(14)11-6-10-8/h5-7,13H,2-4H2,1H3,(H2,10,11,12,14). The molecular weight excluding hydrogens is 182 g/mol. The van der Waals surface area contributed by atoms with Crippen molar-refractivity contribution in [2.24, 2.45) is 0 Å². The van der Waals surface area contributed by atoms with Crippen molar-refractivity contribution in [2.75, 3.05) is 11.9 Å². The predicted octanol–water partition coefficient (Wildman–Crippen LogP) is 0.343. The highest BCUT2D eigenvalue weighted by molar-refractivity contribution is 5.32. The summed E-state index contributed by atoms with van der Waals surface area (Å²) >= 11 is 0. The molecule has 0 spiro atoms. The van der Waals surface area contributed by atoms with Gasteiger partial charge in [0, 0.05) is 18.7 Å². The van der Waals surface area contributed by atoms with Gasteiger partial charge in [-0.05, 0) is 12.8 Å². The van der Waals surface area contributed by atoms with Crippen molar-refractivity contribution in [3.8, 4) is 0 Å². The summed E-state index contributed by atoms with van der Waals surface area (Å²) in [5.74, 6) is 0.550. The van der Waals surface area contributed by atoms with E-state index in [1.807, 2.05) is 6.92 Å². The van der Waals surface area contributed by atoms with E-state index in [2.05, 4.69) is 15.3 Å². The van der Waals surface area contributed by atoms with Crippen LogP contribution in [0, 0.1) is 0 Å². The topological polar surface area (TPSA) is 78.0 Å². The highest BCUT2D eigenvalue weighted by Crippen LogP contribution is 2.05. The normalized spacial score (nSPS) is 12.4. The molecule has 1 aromatic heterocycles. The predicted molar refractivity (Wildman–Crippen MR) is 54.3 cm³/mol. The van der Waals surface area contributed by atoms with Crippen molar-refractivity contribution in [3.05, 3.63) is 22.7 Å². The number of anilines is 1. The van der Waals surface area contributed by atoms with Crippen LogP contribution in [0.1, 0.15) is 19.8 Å². The van der Waals surface area contributed by atoms with Crippen molar-refractivity contribution < 1.29 is 5.11 Å². The van der Waals surface area contributed by atoms with Gasteiger partial charge in [-0.1, -0.05) is 6.92 Å². The molecule has 0 aliphatic rings. The van der Waals surface area contributed by atoms with Gasteiger partial charge in [0.2, 0.25) is 0 Å². The third-order valence-electron chi connectivity index (χ3n) is 2.00. The van der Waals surface area contributed by atoms with Crippen molar-refractivity contribution in [1.29, 1.82) is 0 Å². The number of aromatic amines is 1. The average molecular weight is 197 g/mol. The first-order chi connectivity index (χ1) is 6.76. The Morgan fingerprint density at radius 2 is 2.50 bits per heavy atom. The third-order valence-corrected chi connectivity index (χ3v) is 2.00. The summed E-state index contributed by atoms with van der Waals surface area (Å²) in [4.78, 5) is 17.3. The molecule has 5 heteroatoms. The second kappa shape index (κ2) is 5.39. The van der Waals surface area contributed by atoms with E-state index in [1.54, 1.807) is 0 Å². The van der Waals surface area contributed by atoms with Gasteiger partial charge < -0.3 is 15.4 Å². The molecule has 5 nitrogen and oxygen atoms in total. The number of nitrogens with zero attached hydrogens (tertiary/aromatic N) is 1. The first-order valence-electron chi connectivity index (χ1n) is 4.68. The molecule has 1 unspecified atom stereocenters. The maximum atomic E-state index is 10.9. The Morgan fingerprint density at radius 3 is 3.07 bits per heavy atom. The largest absolute Gasteiger partial charge is 0.396 e. The van der Waals surface area contributed by atoms with Crippen LogP contribution < -0.4 is 10.9 Å². The zero-order valence-corrected chi connectivity index (χ0v) is 8.16. The lowest BCUT2D eigenvalue weighted by atomic mass is 10.1. The molecule has 0 fully saturated rings. The summed E-state index contributed by atoms with van der Waals surface area (Å²) in [6.45, 7) is 2.15. The van der Waals surface area contributed by atoms with Gasteiger partial charge in [-0.15, -0.1) is 0 Å². The Labute approximate surface area is 82.2 Å². The van der Waals surface area contributed by atoms with E-state index in [4.69, 9.17) is 5.11 Å². The summed E-state index contributed by atoms with van der Waals surface area (Å²) in [7, 11) is 0. The Balaban J connectivity index is 2.62. The lowest BCUT2D eigenvalue weighted by Crippen LogP contribution is -2.21. The first kappa shape index (κ1) is 10.7. The third kappa shape index (κ3) is 3.18. The zero-order valence-electron chi connectivity index (χ0n) is 8.16. The number of aliphatic hydroxyl groups excluding tert-OH is 1.